The van der Waals surface area contributed by atoms with Crippen molar-refractivity contribution in [2.75, 3.05) is 12.3 Å². The second kappa shape index (κ2) is 10.4. The number of nitrogens with zero attached hydrogens (tertiary/aromatic N) is 3. The van der Waals surface area contributed by atoms with Gasteiger partial charge in [0.1, 0.15) is 17.2 Å². The molecule has 0 unspecified atom stereocenters. The number of nitrogens with two attached hydrogens (primary N) is 1. The average Bonchev–Trinajstić information content (AvgIpc) is 2.82. The Morgan fingerprint density at radius 1 is 1.03 bits per heavy atom. The van der Waals surface area contributed by atoms with Crippen LogP contribution in [0.15, 0.2) is 69.1 Å². The number of aromatic nitrogens is 2. The minimum atomic E-state index is -4.06. The summed E-state index contributed by atoms with van der Waals surface area (Å²) in [5, 5.41) is 0. The fraction of sp³-hybridized carbons (Fsp3) is 0.292. The van der Waals surface area contributed by atoms with Gasteiger partial charge in [-0.2, -0.15) is 4.31 Å². The summed E-state index contributed by atoms with van der Waals surface area (Å²) >= 11 is 0. The van der Waals surface area contributed by atoms with Crippen molar-refractivity contribution in [3.8, 4) is 0 Å². The Kier molecular flexibility index (Phi) is 7.71. The van der Waals surface area contributed by atoms with Crippen LogP contribution in [-0.2, 0) is 23.1 Å². The van der Waals surface area contributed by atoms with Gasteiger partial charge in [-0.15, -0.1) is 0 Å². The van der Waals surface area contributed by atoms with Gasteiger partial charge in [0.05, 0.1) is 18.0 Å². The first kappa shape index (κ1) is 26.0. The lowest BCUT2D eigenvalue weighted by molar-refractivity contribution is 0.0955. The maximum Gasteiger partial charge on any atom is 0.332 e. The van der Waals surface area contributed by atoms with E-state index in [1.807, 2.05) is 0 Å². The molecule has 35 heavy (non-hydrogen) atoms. The SMILES string of the molecule is CCn1c(=O)c(C(=O)CN(C(C)C)S(=O)(=O)c2ccccc2)c(N)n(Cc2ccc(F)cc2)c1=O. The van der Waals surface area contributed by atoms with Crippen molar-refractivity contribution < 1.29 is 17.6 Å². The molecule has 0 radical (unpaired) electrons. The highest BCUT2D eigenvalue weighted by atomic mass is 32.2. The van der Waals surface area contributed by atoms with Gasteiger partial charge >= 0.3 is 5.69 Å². The van der Waals surface area contributed by atoms with Gasteiger partial charge in [-0.25, -0.2) is 17.6 Å². The van der Waals surface area contributed by atoms with E-state index in [0.29, 0.717) is 5.56 Å². The molecule has 3 aromatic rings. The highest BCUT2D eigenvalue weighted by Crippen LogP contribution is 2.19. The molecule has 0 aliphatic rings. The van der Waals surface area contributed by atoms with Gasteiger partial charge in [-0.05, 0) is 50.6 Å². The van der Waals surface area contributed by atoms with Gasteiger partial charge in [0.15, 0.2) is 5.78 Å². The topological polar surface area (TPSA) is 124 Å². The van der Waals surface area contributed by atoms with Gasteiger partial charge in [0.25, 0.3) is 5.56 Å². The molecule has 0 bridgehead atoms. The molecule has 0 saturated carbocycles. The van der Waals surface area contributed by atoms with E-state index < -0.39 is 51.0 Å². The molecule has 2 N–H and O–H groups in total. The molecule has 11 heteroatoms. The number of rotatable bonds is 9. The Labute approximate surface area is 202 Å². The quantitative estimate of drug-likeness (QED) is 0.447. The summed E-state index contributed by atoms with van der Waals surface area (Å²) in [5.41, 5.74) is 4.58. The van der Waals surface area contributed by atoms with Crippen LogP contribution in [0.2, 0.25) is 0 Å². The molecular formula is C24H27FN4O5S. The molecule has 0 amide bonds. The number of hydrogen-bond acceptors (Lipinski definition) is 6. The van der Waals surface area contributed by atoms with Crippen LogP contribution in [0.4, 0.5) is 10.2 Å². The lowest BCUT2D eigenvalue weighted by Gasteiger charge is -2.25. The van der Waals surface area contributed by atoms with Gasteiger partial charge in [0.2, 0.25) is 10.0 Å². The first-order valence-electron chi connectivity index (χ1n) is 11.0. The van der Waals surface area contributed by atoms with Gasteiger partial charge in [-0.1, -0.05) is 30.3 Å². The first-order valence-corrected chi connectivity index (χ1v) is 12.4. The van der Waals surface area contributed by atoms with E-state index in [4.69, 9.17) is 5.73 Å². The summed E-state index contributed by atoms with van der Waals surface area (Å²) in [4.78, 5) is 39.3. The van der Waals surface area contributed by atoms with Crippen LogP contribution in [0.25, 0.3) is 0 Å². The molecule has 3 rings (SSSR count). The van der Waals surface area contributed by atoms with Crippen molar-refractivity contribution in [3.05, 3.63) is 92.4 Å². The van der Waals surface area contributed by atoms with Crippen molar-refractivity contribution in [1.29, 1.82) is 0 Å². The van der Waals surface area contributed by atoms with E-state index in [1.54, 1.807) is 39.0 Å². The fourth-order valence-corrected chi connectivity index (χ4v) is 5.29. The zero-order valence-electron chi connectivity index (χ0n) is 19.6. The number of nitrogen functional groups attached to an aromatic ring is 1. The standard InChI is InChI=1S/C24H27FN4O5S/c1-4-27-23(31)21(22(26)28(24(27)32)14-17-10-12-18(25)13-11-17)20(30)15-29(16(2)3)35(33,34)19-8-6-5-7-9-19/h5-13,16H,4,14-15,26H2,1-3H3. The predicted octanol–water partition coefficient (Wildman–Crippen LogP) is 2.08. The van der Waals surface area contributed by atoms with Gasteiger partial charge < -0.3 is 5.73 Å². The normalized spacial score (nSPS) is 11.8. The van der Waals surface area contributed by atoms with Crippen molar-refractivity contribution in [2.24, 2.45) is 0 Å². The first-order chi connectivity index (χ1) is 16.5. The second-order valence-electron chi connectivity index (χ2n) is 8.19. The van der Waals surface area contributed by atoms with Crippen molar-refractivity contribution in [1.82, 2.24) is 13.4 Å². The number of benzene rings is 2. The lowest BCUT2D eigenvalue weighted by atomic mass is 10.1. The van der Waals surface area contributed by atoms with E-state index in [9.17, 15) is 27.2 Å². The summed E-state index contributed by atoms with van der Waals surface area (Å²) in [6.07, 6.45) is 0. The molecular weight excluding hydrogens is 475 g/mol. The third-order valence-electron chi connectivity index (χ3n) is 5.54. The molecule has 1 heterocycles. The summed E-state index contributed by atoms with van der Waals surface area (Å²) in [5.74, 6) is -1.67. The molecule has 0 fully saturated rings. The van der Waals surface area contributed by atoms with Crippen LogP contribution in [0, 0.1) is 5.82 Å². The van der Waals surface area contributed by atoms with Crippen molar-refractivity contribution >= 4 is 21.6 Å². The number of carbonyl (C=O) groups is 1. The van der Waals surface area contributed by atoms with E-state index in [-0.39, 0.29) is 23.8 Å². The van der Waals surface area contributed by atoms with E-state index in [0.717, 1.165) is 13.4 Å². The molecule has 9 nitrogen and oxygen atoms in total. The predicted molar refractivity (Wildman–Crippen MR) is 130 cm³/mol. The molecule has 0 aliphatic carbocycles. The molecule has 2 aromatic carbocycles. The Balaban J connectivity index is 2.09. The molecule has 0 aliphatic heterocycles. The number of carbonyl (C=O) groups excluding carboxylic acids is 1. The van der Waals surface area contributed by atoms with Crippen LogP contribution in [0.1, 0.15) is 36.7 Å². The molecule has 0 spiro atoms. The Morgan fingerprint density at radius 3 is 2.17 bits per heavy atom. The minimum Gasteiger partial charge on any atom is -0.384 e. The van der Waals surface area contributed by atoms with Crippen molar-refractivity contribution in [3.63, 3.8) is 0 Å². The third-order valence-corrected chi connectivity index (χ3v) is 7.58. The Bertz CT molecular complexity index is 1450. The van der Waals surface area contributed by atoms with E-state index in [2.05, 4.69) is 0 Å². The maximum atomic E-state index is 13.3. The van der Waals surface area contributed by atoms with Gasteiger partial charge in [0, 0.05) is 12.6 Å². The summed E-state index contributed by atoms with van der Waals surface area (Å²) < 4.78 is 42.6. The van der Waals surface area contributed by atoms with Crippen LogP contribution < -0.4 is 17.0 Å². The van der Waals surface area contributed by atoms with Crippen LogP contribution in [0.3, 0.4) is 0 Å². The molecule has 1 aromatic heterocycles. The monoisotopic (exact) mass is 502 g/mol. The number of Topliss-reactive ketones (excluding diaryl/α,β-unsaturated/α-hetero) is 1. The number of anilines is 1. The zero-order valence-corrected chi connectivity index (χ0v) is 20.5. The number of halogens is 1. The maximum absolute atomic E-state index is 13.3. The molecule has 0 saturated heterocycles. The second-order valence-corrected chi connectivity index (χ2v) is 10.1. The van der Waals surface area contributed by atoms with E-state index in [1.165, 1.54) is 36.4 Å². The smallest absolute Gasteiger partial charge is 0.332 e. The lowest BCUT2D eigenvalue weighted by Crippen LogP contribution is -2.46. The van der Waals surface area contributed by atoms with Crippen molar-refractivity contribution in [2.45, 2.75) is 44.8 Å². The third kappa shape index (κ3) is 5.25. The fourth-order valence-electron chi connectivity index (χ4n) is 3.67. The average molecular weight is 503 g/mol. The zero-order chi connectivity index (χ0) is 25.9. The molecule has 186 valence electrons. The summed E-state index contributed by atoms with van der Waals surface area (Å²) in [6, 6.07) is 12.4. The largest absolute Gasteiger partial charge is 0.384 e. The summed E-state index contributed by atoms with van der Waals surface area (Å²) in [6.45, 7) is 4.00. The highest BCUT2D eigenvalue weighted by molar-refractivity contribution is 7.89. The minimum absolute atomic E-state index is 0.00159. The number of ketones is 1. The highest BCUT2D eigenvalue weighted by Gasteiger charge is 2.32. The number of sulfonamides is 1. The van der Waals surface area contributed by atoms with Gasteiger partial charge in [-0.3, -0.25) is 18.7 Å². The van der Waals surface area contributed by atoms with Crippen LogP contribution in [0.5, 0.6) is 0 Å². The summed E-state index contributed by atoms with van der Waals surface area (Å²) in [7, 11) is -4.06. The molecule has 0 atom stereocenters. The Morgan fingerprint density at radius 2 is 1.63 bits per heavy atom. The van der Waals surface area contributed by atoms with Crippen LogP contribution in [-0.4, -0.2) is 40.2 Å². The van der Waals surface area contributed by atoms with E-state index >= 15 is 0 Å². The number of hydrogen-bond donors (Lipinski definition) is 1. The Hall–Kier alpha value is -3.57. The van der Waals surface area contributed by atoms with Crippen LogP contribution >= 0.6 is 0 Å².